The topological polar surface area (TPSA) is 74.8 Å². The van der Waals surface area contributed by atoms with E-state index in [1.807, 2.05) is 24.3 Å². The summed E-state index contributed by atoms with van der Waals surface area (Å²) in [4.78, 5) is 17.8. The zero-order valence-electron chi connectivity index (χ0n) is 39.6. The first-order valence-electron chi connectivity index (χ1n) is 21.7. The Kier molecular flexibility index (Phi) is 10.2. The van der Waals surface area contributed by atoms with Crippen molar-refractivity contribution in [3.63, 3.8) is 0 Å². The minimum atomic E-state index is -0.173. The smallest absolute Gasteiger partial charge is 0.221 e. The summed E-state index contributed by atoms with van der Waals surface area (Å²) in [7, 11) is 0. The molecule has 3 aliphatic heterocycles. The number of allylic oxidation sites excluding steroid dienone is 2. The van der Waals surface area contributed by atoms with E-state index in [0.717, 1.165) is 33.9 Å². The zero-order valence-corrected chi connectivity index (χ0v) is 39.6. The summed E-state index contributed by atoms with van der Waals surface area (Å²) >= 11 is 0. The van der Waals surface area contributed by atoms with Gasteiger partial charge in [0.2, 0.25) is 11.8 Å². The molecule has 0 unspecified atom stereocenters. The maximum atomic E-state index is 6.65. The Morgan fingerprint density at radius 2 is 0.683 bits per heavy atom. The molecular weight excluding hydrogens is 737 g/mol. The molecule has 316 valence electrons. The Morgan fingerprint density at radius 1 is 0.383 bits per heavy atom. The van der Waals surface area contributed by atoms with Crippen LogP contribution in [0.3, 0.4) is 0 Å². The average Bonchev–Trinajstić information content (AvgIpc) is 3.92. The van der Waals surface area contributed by atoms with Crippen LogP contribution in [0, 0.1) is 0 Å². The molecule has 3 aliphatic rings. The highest BCUT2D eigenvalue weighted by molar-refractivity contribution is 6.00. The molecule has 0 fully saturated rings. The van der Waals surface area contributed by atoms with E-state index in [-0.39, 0.29) is 32.5 Å². The molecule has 4 aromatic rings. The summed E-state index contributed by atoms with van der Waals surface area (Å²) < 4.78 is 13.3. The van der Waals surface area contributed by atoms with Crippen LogP contribution in [0.4, 0.5) is 0 Å². The fourth-order valence-corrected chi connectivity index (χ4v) is 8.32. The highest BCUT2D eigenvalue weighted by Gasteiger charge is 2.35. The molecule has 0 spiro atoms. The van der Waals surface area contributed by atoms with Crippen LogP contribution in [0.25, 0.3) is 11.1 Å². The third-order valence-corrected chi connectivity index (χ3v) is 11.8. The Bertz CT molecular complexity index is 2320. The third kappa shape index (κ3) is 8.32. The number of rotatable bonds is 2. The van der Waals surface area contributed by atoms with Crippen LogP contribution < -0.4 is 9.47 Å². The van der Waals surface area contributed by atoms with Gasteiger partial charge in [0.25, 0.3) is 0 Å². The summed E-state index contributed by atoms with van der Waals surface area (Å²) in [5, 5.41) is 0. The van der Waals surface area contributed by atoms with Crippen molar-refractivity contribution in [1.82, 2.24) is 9.97 Å². The Morgan fingerprint density at radius 3 is 0.950 bits per heavy atom. The van der Waals surface area contributed by atoms with E-state index in [1.54, 1.807) is 0 Å². The molecule has 0 amide bonds. The number of hydrogen-bond acceptors (Lipinski definition) is 4. The number of aliphatic imine (C=N–C) groups is 2. The van der Waals surface area contributed by atoms with Crippen molar-refractivity contribution in [2.45, 2.75) is 157 Å². The van der Waals surface area contributed by atoms with E-state index in [2.05, 4.69) is 183 Å². The molecule has 5 heterocycles. The molecule has 0 atom stereocenters. The van der Waals surface area contributed by atoms with Gasteiger partial charge >= 0.3 is 0 Å². The second-order valence-corrected chi connectivity index (χ2v) is 23.2. The largest absolute Gasteiger partial charge is 0.423 e. The molecule has 2 N–H and O–H groups in total. The molecule has 2 aromatic heterocycles. The van der Waals surface area contributed by atoms with Crippen molar-refractivity contribution >= 4 is 22.9 Å². The fraction of sp³-hybridized carbons (Fsp3) is 0.444. The normalized spacial score (nSPS) is 16.4. The summed E-state index contributed by atoms with van der Waals surface area (Å²) in [5.41, 5.74) is 14.8. The maximum Gasteiger partial charge on any atom is 0.221 e. The lowest BCUT2D eigenvalue weighted by atomic mass is 9.70. The first-order valence-corrected chi connectivity index (χ1v) is 21.7. The minimum absolute atomic E-state index is 0.0350. The molecule has 8 bridgehead atoms. The zero-order chi connectivity index (χ0) is 44.1. The predicted octanol–water partition coefficient (Wildman–Crippen LogP) is 14.1. The lowest BCUT2D eigenvalue weighted by Gasteiger charge is -2.34. The molecule has 7 rings (SSSR count). The SMILES string of the molecule is CC(C)(C)c1cc(C(C)(C)C)c(C2=C3C=CC(=N3)Oc3ccc([nH]3)C(c3c(C(C)(C)C)cc(C(C)(C)C)cc3C(C)(C)C)=C3C=CC(=N3)Oc3ccc2[nH]3)c(C(C)(C)C)c1. The van der Waals surface area contributed by atoms with Gasteiger partial charge in [0.1, 0.15) is 0 Å². The van der Waals surface area contributed by atoms with Gasteiger partial charge in [0.05, 0.1) is 22.8 Å². The van der Waals surface area contributed by atoms with Crippen molar-refractivity contribution in [3.8, 4) is 11.8 Å². The van der Waals surface area contributed by atoms with Crippen LogP contribution in [0.5, 0.6) is 11.8 Å². The van der Waals surface area contributed by atoms with Gasteiger partial charge in [-0.1, -0.05) is 149 Å². The minimum Gasteiger partial charge on any atom is -0.423 e. The molecule has 6 nitrogen and oxygen atoms in total. The number of hydrogen-bond donors (Lipinski definition) is 2. The predicted molar refractivity (Wildman–Crippen MR) is 253 cm³/mol. The van der Waals surface area contributed by atoms with Gasteiger partial charge in [-0.05, 0) is 101 Å². The van der Waals surface area contributed by atoms with Gasteiger partial charge in [0, 0.05) is 35.4 Å². The van der Waals surface area contributed by atoms with Crippen LogP contribution in [-0.4, -0.2) is 21.8 Å². The second-order valence-electron chi connectivity index (χ2n) is 23.2. The molecule has 0 radical (unpaired) electrons. The van der Waals surface area contributed by atoms with E-state index < -0.39 is 0 Å². The molecule has 0 saturated carbocycles. The first-order chi connectivity index (χ1) is 27.5. The van der Waals surface area contributed by atoms with Crippen molar-refractivity contribution in [1.29, 1.82) is 0 Å². The number of fused-ring (bicyclic) bond motifs is 6. The quantitative estimate of drug-likeness (QED) is 0.212. The lowest BCUT2D eigenvalue weighted by Crippen LogP contribution is -2.24. The number of aromatic nitrogens is 2. The summed E-state index contributed by atoms with van der Waals surface area (Å²) in [6, 6.07) is 17.9. The Balaban J connectivity index is 1.49. The van der Waals surface area contributed by atoms with E-state index in [9.17, 15) is 0 Å². The summed E-state index contributed by atoms with van der Waals surface area (Å²) in [6.07, 6.45) is 8.10. The highest BCUT2D eigenvalue weighted by Crippen LogP contribution is 2.47. The third-order valence-electron chi connectivity index (χ3n) is 11.8. The molecular formula is C54H68N4O2. The van der Waals surface area contributed by atoms with Gasteiger partial charge in [0.15, 0.2) is 11.8 Å². The van der Waals surface area contributed by atoms with Crippen LogP contribution >= 0.6 is 0 Å². The standard InChI is InChI=1S/C54H68N4O2/c1-49(2,3)31-27-33(51(7,8)9)45(34(28-31)52(10,11)12)47-37-19-23-41(55-37)59-43-25-21-39(57-43)48(40-22-26-44(58-40)60-42-24-20-38(47)56-42)46-35(53(13,14)15)29-32(50(4,5)6)30-36(46)54(16,17)18/h19-30,55,58H,1-18H3. The highest BCUT2D eigenvalue weighted by atomic mass is 16.5. The molecule has 2 aromatic carbocycles. The average molecular weight is 805 g/mol. The van der Waals surface area contributed by atoms with Gasteiger partial charge in [-0.2, -0.15) is 0 Å². The summed E-state index contributed by atoms with van der Waals surface area (Å²) in [5.74, 6) is 2.24. The number of nitrogens with zero attached hydrogens (tertiary/aromatic N) is 2. The Hall–Kier alpha value is -5.10. The Labute approximate surface area is 360 Å². The number of H-pyrrole nitrogens is 2. The molecule has 6 heteroatoms. The van der Waals surface area contributed by atoms with Crippen LogP contribution in [0.1, 0.15) is 181 Å². The van der Waals surface area contributed by atoms with Crippen molar-refractivity contribution in [2.75, 3.05) is 0 Å². The van der Waals surface area contributed by atoms with Gasteiger partial charge in [-0.25, -0.2) is 9.98 Å². The van der Waals surface area contributed by atoms with E-state index in [4.69, 9.17) is 19.5 Å². The molecule has 60 heavy (non-hydrogen) atoms. The van der Waals surface area contributed by atoms with Crippen LogP contribution in [-0.2, 0) is 32.5 Å². The van der Waals surface area contributed by atoms with Crippen molar-refractivity contribution in [3.05, 3.63) is 140 Å². The van der Waals surface area contributed by atoms with E-state index in [1.165, 1.54) is 44.5 Å². The number of nitrogens with one attached hydrogen (secondary N) is 2. The monoisotopic (exact) mass is 805 g/mol. The van der Waals surface area contributed by atoms with Gasteiger partial charge < -0.3 is 19.4 Å². The summed E-state index contributed by atoms with van der Waals surface area (Å²) in [6.45, 7) is 41.4. The van der Waals surface area contributed by atoms with Crippen LogP contribution in [0.2, 0.25) is 0 Å². The number of aromatic amines is 2. The lowest BCUT2D eigenvalue weighted by molar-refractivity contribution is 0.536. The van der Waals surface area contributed by atoms with Crippen LogP contribution in [0.15, 0.2) is 94.2 Å². The maximum absolute atomic E-state index is 6.65. The number of benzene rings is 2. The van der Waals surface area contributed by atoms with E-state index in [0.29, 0.717) is 23.6 Å². The molecule has 0 saturated heterocycles. The van der Waals surface area contributed by atoms with Gasteiger partial charge in [-0.3, -0.25) is 0 Å². The second kappa shape index (κ2) is 14.2. The van der Waals surface area contributed by atoms with Gasteiger partial charge in [-0.15, -0.1) is 0 Å². The van der Waals surface area contributed by atoms with E-state index >= 15 is 0 Å². The fourth-order valence-electron chi connectivity index (χ4n) is 8.32. The number of ether oxygens (including phenoxy) is 2. The first kappa shape index (κ1) is 43.0. The molecule has 0 aliphatic carbocycles. The van der Waals surface area contributed by atoms with Crippen molar-refractivity contribution < 1.29 is 9.47 Å². The van der Waals surface area contributed by atoms with Crippen molar-refractivity contribution in [2.24, 2.45) is 9.98 Å².